The lowest BCUT2D eigenvalue weighted by molar-refractivity contribution is 0.102. The van der Waals surface area contributed by atoms with Crippen LogP contribution in [-0.4, -0.2) is 21.0 Å². The van der Waals surface area contributed by atoms with Gasteiger partial charge in [0.1, 0.15) is 17.3 Å². The van der Waals surface area contributed by atoms with E-state index in [-0.39, 0.29) is 17.4 Å². The van der Waals surface area contributed by atoms with Gasteiger partial charge in [0.2, 0.25) is 0 Å². The maximum absolute atomic E-state index is 12.1. The number of halogens is 1. The number of hydrogen-bond donors (Lipinski definition) is 2. The van der Waals surface area contributed by atoms with Crippen molar-refractivity contribution in [3.05, 3.63) is 45.8 Å². The van der Waals surface area contributed by atoms with Crippen LogP contribution in [0.1, 0.15) is 21.6 Å². The summed E-state index contributed by atoms with van der Waals surface area (Å²) < 4.78 is 0.849. The molecule has 0 saturated carbocycles. The average molecular weight is 322 g/mol. The van der Waals surface area contributed by atoms with Crippen LogP contribution in [0.3, 0.4) is 0 Å². The number of carbonyl (C=O) groups is 1. The summed E-state index contributed by atoms with van der Waals surface area (Å²) in [4.78, 5) is 20.1. The summed E-state index contributed by atoms with van der Waals surface area (Å²) in [5.41, 5.74) is 1.72. The van der Waals surface area contributed by atoms with E-state index in [1.54, 1.807) is 13.1 Å². The van der Waals surface area contributed by atoms with Gasteiger partial charge in [0.05, 0.1) is 6.20 Å². The average Bonchev–Trinajstić information content (AvgIpc) is 2.32. The molecule has 0 unspecified atom stereocenters. The molecule has 1 amide bonds. The van der Waals surface area contributed by atoms with Gasteiger partial charge in [0, 0.05) is 10.7 Å². The van der Waals surface area contributed by atoms with Crippen LogP contribution in [0.5, 0.6) is 5.75 Å². The van der Waals surface area contributed by atoms with Gasteiger partial charge in [0.15, 0.2) is 0 Å². The zero-order valence-electron chi connectivity index (χ0n) is 10.4. The molecule has 0 radical (unpaired) electrons. The molecule has 98 valence electrons. The quantitative estimate of drug-likeness (QED) is 0.891. The Kier molecular flexibility index (Phi) is 3.80. The fourth-order valence-corrected chi connectivity index (χ4v) is 2.08. The number of rotatable bonds is 2. The first-order chi connectivity index (χ1) is 8.97. The van der Waals surface area contributed by atoms with Gasteiger partial charge in [-0.2, -0.15) is 0 Å². The molecule has 0 bridgehead atoms. The van der Waals surface area contributed by atoms with E-state index in [2.05, 4.69) is 31.2 Å². The molecule has 0 atom stereocenters. The molecule has 0 aromatic carbocycles. The van der Waals surface area contributed by atoms with Crippen LogP contribution < -0.4 is 5.32 Å². The van der Waals surface area contributed by atoms with E-state index < -0.39 is 0 Å². The first kappa shape index (κ1) is 13.5. The van der Waals surface area contributed by atoms with Crippen molar-refractivity contribution in [1.29, 1.82) is 0 Å². The van der Waals surface area contributed by atoms with Crippen LogP contribution in [0, 0.1) is 13.8 Å². The Morgan fingerprint density at radius 1 is 1.21 bits per heavy atom. The molecular weight excluding hydrogens is 310 g/mol. The molecule has 2 N–H and O–H groups in total. The zero-order valence-corrected chi connectivity index (χ0v) is 12.0. The van der Waals surface area contributed by atoms with Crippen molar-refractivity contribution in [2.75, 3.05) is 5.32 Å². The standard InChI is InChI=1S/C13H12BrN3O2/c1-7-4-10(18)6-15-11(7)13(19)17-12-8(2)3-9(14)5-16-12/h3-6,18H,1-2H3,(H,16,17,19). The number of carbonyl (C=O) groups excluding carboxylic acids is 1. The number of nitrogens with zero attached hydrogens (tertiary/aromatic N) is 2. The first-order valence-electron chi connectivity index (χ1n) is 5.56. The SMILES string of the molecule is Cc1cc(Br)cnc1NC(=O)c1ncc(O)cc1C. The zero-order chi connectivity index (χ0) is 14.0. The molecule has 19 heavy (non-hydrogen) atoms. The minimum absolute atomic E-state index is 0.0343. The van der Waals surface area contributed by atoms with Gasteiger partial charge in [-0.1, -0.05) is 0 Å². The molecule has 2 rings (SSSR count). The highest BCUT2D eigenvalue weighted by molar-refractivity contribution is 9.10. The van der Waals surface area contributed by atoms with Crippen LogP contribution in [0.4, 0.5) is 5.82 Å². The minimum Gasteiger partial charge on any atom is -0.506 e. The minimum atomic E-state index is -0.351. The van der Waals surface area contributed by atoms with Crippen LogP contribution in [-0.2, 0) is 0 Å². The number of aromatic nitrogens is 2. The Morgan fingerprint density at radius 3 is 2.58 bits per heavy atom. The lowest BCUT2D eigenvalue weighted by atomic mass is 10.2. The number of aryl methyl sites for hydroxylation is 2. The molecule has 0 fully saturated rings. The topological polar surface area (TPSA) is 75.1 Å². The van der Waals surface area contributed by atoms with Crippen molar-refractivity contribution in [2.45, 2.75) is 13.8 Å². The first-order valence-corrected chi connectivity index (χ1v) is 6.36. The number of hydrogen-bond acceptors (Lipinski definition) is 4. The van der Waals surface area contributed by atoms with E-state index in [0.717, 1.165) is 10.0 Å². The molecule has 0 saturated heterocycles. The monoisotopic (exact) mass is 321 g/mol. The van der Waals surface area contributed by atoms with E-state index in [9.17, 15) is 9.90 Å². The highest BCUT2D eigenvalue weighted by Gasteiger charge is 2.13. The maximum Gasteiger partial charge on any atom is 0.275 e. The normalized spacial score (nSPS) is 10.3. The number of aromatic hydroxyl groups is 1. The molecule has 0 spiro atoms. The molecular formula is C13H12BrN3O2. The van der Waals surface area contributed by atoms with E-state index >= 15 is 0 Å². The molecule has 2 aromatic rings. The van der Waals surface area contributed by atoms with Crippen molar-refractivity contribution in [3.8, 4) is 5.75 Å². The summed E-state index contributed by atoms with van der Waals surface area (Å²) in [6, 6.07) is 3.35. The Morgan fingerprint density at radius 2 is 1.95 bits per heavy atom. The predicted octanol–water partition coefficient (Wildman–Crippen LogP) is 2.81. The van der Waals surface area contributed by atoms with E-state index in [1.807, 2.05) is 13.0 Å². The number of anilines is 1. The van der Waals surface area contributed by atoms with Crippen molar-refractivity contribution in [1.82, 2.24) is 9.97 Å². The Bertz CT molecular complexity index is 644. The molecule has 2 aromatic heterocycles. The van der Waals surface area contributed by atoms with Gasteiger partial charge >= 0.3 is 0 Å². The number of amides is 1. The highest BCUT2D eigenvalue weighted by Crippen LogP contribution is 2.18. The number of pyridine rings is 2. The van der Waals surface area contributed by atoms with Crippen molar-refractivity contribution in [2.24, 2.45) is 0 Å². The van der Waals surface area contributed by atoms with Gasteiger partial charge in [-0.15, -0.1) is 0 Å². The number of nitrogens with one attached hydrogen (secondary N) is 1. The molecule has 5 nitrogen and oxygen atoms in total. The lowest BCUT2D eigenvalue weighted by Gasteiger charge is -2.08. The van der Waals surface area contributed by atoms with Crippen molar-refractivity contribution in [3.63, 3.8) is 0 Å². The summed E-state index contributed by atoms with van der Waals surface area (Å²) >= 11 is 3.31. The third-order valence-corrected chi connectivity index (χ3v) is 2.99. The Balaban J connectivity index is 2.25. The van der Waals surface area contributed by atoms with E-state index in [0.29, 0.717) is 11.4 Å². The van der Waals surface area contributed by atoms with Crippen LogP contribution in [0.2, 0.25) is 0 Å². The van der Waals surface area contributed by atoms with E-state index in [4.69, 9.17) is 0 Å². The Hall–Kier alpha value is -1.95. The van der Waals surface area contributed by atoms with Gasteiger partial charge in [-0.3, -0.25) is 4.79 Å². The van der Waals surface area contributed by atoms with Gasteiger partial charge in [-0.05, 0) is 53.0 Å². The highest BCUT2D eigenvalue weighted by atomic mass is 79.9. The fourth-order valence-electron chi connectivity index (χ4n) is 1.64. The summed E-state index contributed by atoms with van der Waals surface area (Å²) in [6.07, 6.45) is 2.85. The van der Waals surface area contributed by atoms with Crippen molar-refractivity contribution >= 4 is 27.7 Å². The van der Waals surface area contributed by atoms with Gasteiger partial charge in [0.25, 0.3) is 5.91 Å². The smallest absolute Gasteiger partial charge is 0.275 e. The molecule has 0 aliphatic carbocycles. The second-order valence-electron chi connectivity index (χ2n) is 4.13. The fraction of sp³-hybridized carbons (Fsp3) is 0.154. The largest absolute Gasteiger partial charge is 0.506 e. The summed E-state index contributed by atoms with van der Waals surface area (Å²) in [7, 11) is 0. The third-order valence-electron chi connectivity index (χ3n) is 2.56. The second kappa shape index (κ2) is 5.36. The van der Waals surface area contributed by atoms with E-state index in [1.165, 1.54) is 12.3 Å². The summed E-state index contributed by atoms with van der Waals surface area (Å²) in [5, 5.41) is 12.0. The summed E-state index contributed by atoms with van der Waals surface area (Å²) in [6.45, 7) is 3.56. The lowest BCUT2D eigenvalue weighted by Crippen LogP contribution is -2.16. The van der Waals surface area contributed by atoms with Crippen LogP contribution >= 0.6 is 15.9 Å². The maximum atomic E-state index is 12.1. The van der Waals surface area contributed by atoms with Crippen molar-refractivity contribution < 1.29 is 9.90 Å². The van der Waals surface area contributed by atoms with Gasteiger partial charge in [-0.25, -0.2) is 9.97 Å². The van der Waals surface area contributed by atoms with Gasteiger partial charge < -0.3 is 10.4 Å². The third kappa shape index (κ3) is 3.08. The summed E-state index contributed by atoms with van der Waals surface area (Å²) in [5.74, 6) is 0.171. The molecule has 0 aliphatic heterocycles. The predicted molar refractivity (Wildman–Crippen MR) is 75.3 cm³/mol. The molecule has 0 aliphatic rings. The Labute approximate surface area is 118 Å². The van der Waals surface area contributed by atoms with Crippen LogP contribution in [0.25, 0.3) is 0 Å². The van der Waals surface area contributed by atoms with Crippen LogP contribution in [0.15, 0.2) is 29.0 Å². The molecule has 2 heterocycles. The second-order valence-corrected chi connectivity index (χ2v) is 5.05. The molecule has 6 heteroatoms.